The molecule has 0 bridgehead atoms. The van der Waals surface area contributed by atoms with Gasteiger partial charge in [-0.3, -0.25) is 9.10 Å². The van der Waals surface area contributed by atoms with Gasteiger partial charge in [0.05, 0.1) is 6.54 Å². The number of carbonyl (C=O) groups excluding carboxylic acids is 1. The number of amides is 1. The molecule has 0 radical (unpaired) electrons. The van der Waals surface area contributed by atoms with Crippen LogP contribution >= 0.6 is 43.8 Å². The van der Waals surface area contributed by atoms with E-state index in [9.17, 15) is 4.79 Å². The van der Waals surface area contributed by atoms with Crippen LogP contribution in [0.1, 0.15) is 31.7 Å². The molecule has 0 aliphatic heterocycles. The van der Waals surface area contributed by atoms with Crippen molar-refractivity contribution in [3.05, 3.63) is 99.0 Å². The van der Waals surface area contributed by atoms with E-state index >= 15 is 4.39 Å². The molecule has 2 aromatic rings. The zero-order valence-electron chi connectivity index (χ0n) is 17.4. The maximum Gasteiger partial charge on any atom is 0.257 e. The van der Waals surface area contributed by atoms with Crippen molar-refractivity contribution >= 4 is 49.7 Å². The molecule has 0 aromatic heterocycles. The fourth-order valence-electron chi connectivity index (χ4n) is 3.16. The van der Waals surface area contributed by atoms with Gasteiger partial charge in [0, 0.05) is 25.8 Å². The summed E-state index contributed by atoms with van der Waals surface area (Å²) >= 11 is 8.29. The molecule has 2 aromatic carbocycles. The summed E-state index contributed by atoms with van der Waals surface area (Å²) in [6.45, 7) is 8.08. The third-order valence-corrected chi connectivity index (χ3v) is 7.77. The van der Waals surface area contributed by atoms with Crippen molar-refractivity contribution in [2.45, 2.75) is 36.8 Å². The van der Waals surface area contributed by atoms with Crippen molar-refractivity contribution in [2.24, 2.45) is 0 Å². The molecule has 3 rings (SSSR count). The quantitative estimate of drug-likeness (QED) is 0.140. The summed E-state index contributed by atoms with van der Waals surface area (Å²) in [4.78, 5) is 13.8. The van der Waals surface area contributed by atoms with E-state index in [1.165, 1.54) is 11.9 Å². The lowest BCUT2D eigenvalue weighted by Gasteiger charge is -2.20. The van der Waals surface area contributed by atoms with Crippen LogP contribution in [0.25, 0.3) is 0 Å². The van der Waals surface area contributed by atoms with Gasteiger partial charge in [-0.1, -0.05) is 42.5 Å². The second-order valence-corrected chi connectivity index (χ2v) is 10.6. The van der Waals surface area contributed by atoms with Crippen LogP contribution in [-0.2, 0) is 4.79 Å². The lowest BCUT2D eigenvalue weighted by Crippen LogP contribution is -2.24. The molecule has 1 amide bonds. The molecule has 31 heavy (non-hydrogen) atoms. The Morgan fingerprint density at radius 2 is 1.94 bits per heavy atom. The Balaban J connectivity index is 1.67. The average molecular weight is 565 g/mol. The Bertz CT molecular complexity index is 1040. The van der Waals surface area contributed by atoms with Gasteiger partial charge < -0.3 is 0 Å². The molecule has 0 N–H and O–H groups in total. The Labute approximate surface area is 204 Å². The van der Waals surface area contributed by atoms with E-state index in [2.05, 4.69) is 38.4 Å². The number of carbonyl (C=O) groups is 1. The molecule has 2 atom stereocenters. The highest BCUT2D eigenvalue weighted by atomic mass is 79.9. The van der Waals surface area contributed by atoms with Crippen molar-refractivity contribution in [3.8, 4) is 0 Å². The number of hydrogen-bond acceptors (Lipinski definition) is 2. The number of halogens is 3. The van der Waals surface area contributed by atoms with Crippen LogP contribution in [-0.4, -0.2) is 22.4 Å². The second kappa shape index (κ2) is 10.3. The standard InChI is InChI=1S/C25H24Br2FNOS/c1-17(2)16-29(31-20-7-5-4-6-8-20)24(30)13-18(3)11-12-25(28)15-21(25)19-9-10-22(26)23(27)14-19/h4-14,21H,1,15-16H2,2-3H3/b12-11+,18-13-/t21?,25-/m0/s1. The summed E-state index contributed by atoms with van der Waals surface area (Å²) in [6.07, 6.45) is 5.29. The largest absolute Gasteiger partial charge is 0.275 e. The number of benzene rings is 2. The van der Waals surface area contributed by atoms with Gasteiger partial charge in [-0.05, 0) is 106 Å². The van der Waals surface area contributed by atoms with Crippen molar-refractivity contribution in [2.75, 3.05) is 6.54 Å². The Morgan fingerprint density at radius 3 is 2.58 bits per heavy atom. The highest BCUT2D eigenvalue weighted by Gasteiger charge is 2.54. The lowest BCUT2D eigenvalue weighted by atomic mass is 10.1. The number of rotatable bonds is 8. The summed E-state index contributed by atoms with van der Waals surface area (Å²) in [5, 5.41) is 0. The summed E-state index contributed by atoms with van der Waals surface area (Å²) in [5.41, 5.74) is 1.20. The minimum atomic E-state index is -1.37. The van der Waals surface area contributed by atoms with Crippen LogP contribution < -0.4 is 0 Å². The first-order valence-electron chi connectivity index (χ1n) is 9.88. The van der Waals surface area contributed by atoms with E-state index in [4.69, 9.17) is 0 Å². The van der Waals surface area contributed by atoms with Crippen LogP contribution in [0.15, 0.2) is 98.3 Å². The molecule has 1 fully saturated rings. The van der Waals surface area contributed by atoms with Crippen molar-refractivity contribution < 1.29 is 9.18 Å². The number of hydrogen-bond donors (Lipinski definition) is 0. The molecule has 162 valence electrons. The molecule has 1 unspecified atom stereocenters. The van der Waals surface area contributed by atoms with Gasteiger partial charge in [0.2, 0.25) is 0 Å². The molecular formula is C25H24Br2FNOS. The molecular weight excluding hydrogens is 541 g/mol. The number of allylic oxidation sites excluding steroid dienone is 3. The molecule has 1 saturated carbocycles. The summed E-state index contributed by atoms with van der Waals surface area (Å²) < 4.78 is 18.7. The first-order valence-corrected chi connectivity index (χ1v) is 12.2. The van der Waals surface area contributed by atoms with Gasteiger partial charge in [0.1, 0.15) is 5.67 Å². The molecule has 0 saturated heterocycles. The van der Waals surface area contributed by atoms with E-state index < -0.39 is 5.67 Å². The first-order chi connectivity index (χ1) is 14.7. The molecule has 6 heteroatoms. The van der Waals surface area contributed by atoms with Crippen LogP contribution in [0.5, 0.6) is 0 Å². The zero-order valence-corrected chi connectivity index (χ0v) is 21.4. The third-order valence-electron chi connectivity index (χ3n) is 4.87. The molecule has 0 spiro atoms. The summed E-state index contributed by atoms with van der Waals surface area (Å²) in [6, 6.07) is 15.5. The topological polar surface area (TPSA) is 20.3 Å². The van der Waals surface area contributed by atoms with E-state index in [-0.39, 0.29) is 11.8 Å². The highest BCUT2D eigenvalue weighted by Crippen LogP contribution is 2.56. The van der Waals surface area contributed by atoms with Gasteiger partial charge in [-0.2, -0.15) is 0 Å². The predicted octanol–water partition coefficient (Wildman–Crippen LogP) is 8.02. The normalized spacial score (nSPS) is 20.7. The van der Waals surface area contributed by atoms with Gasteiger partial charge >= 0.3 is 0 Å². The van der Waals surface area contributed by atoms with E-state index in [1.54, 1.807) is 22.5 Å². The first kappa shape index (κ1) is 24.0. The monoisotopic (exact) mass is 563 g/mol. The zero-order chi connectivity index (χ0) is 22.6. The van der Waals surface area contributed by atoms with Crippen LogP contribution in [0.4, 0.5) is 4.39 Å². The molecule has 0 heterocycles. The Kier molecular flexibility index (Phi) is 8.00. The maximum absolute atomic E-state index is 15.1. The maximum atomic E-state index is 15.1. The van der Waals surface area contributed by atoms with Gasteiger partial charge in [-0.25, -0.2) is 4.39 Å². The minimum absolute atomic E-state index is 0.143. The lowest BCUT2D eigenvalue weighted by molar-refractivity contribution is -0.121. The molecule has 1 aliphatic rings. The highest BCUT2D eigenvalue weighted by molar-refractivity contribution is 9.13. The fraction of sp³-hybridized carbons (Fsp3) is 0.240. The van der Waals surface area contributed by atoms with Crippen molar-refractivity contribution in [1.82, 2.24) is 4.31 Å². The minimum Gasteiger partial charge on any atom is -0.275 e. The summed E-state index contributed by atoms with van der Waals surface area (Å²) in [7, 11) is 0. The number of nitrogens with zero attached hydrogens (tertiary/aromatic N) is 1. The van der Waals surface area contributed by atoms with Crippen molar-refractivity contribution in [1.29, 1.82) is 0 Å². The Hall–Kier alpha value is -1.63. The van der Waals surface area contributed by atoms with Gasteiger partial charge in [0.25, 0.3) is 5.91 Å². The van der Waals surface area contributed by atoms with E-state index in [0.29, 0.717) is 18.5 Å². The van der Waals surface area contributed by atoms with E-state index in [1.807, 2.05) is 62.4 Å². The number of alkyl halides is 1. The molecule has 2 nitrogen and oxygen atoms in total. The summed E-state index contributed by atoms with van der Waals surface area (Å²) in [5.74, 6) is -0.304. The predicted molar refractivity (Wildman–Crippen MR) is 135 cm³/mol. The van der Waals surface area contributed by atoms with Crippen LogP contribution in [0.2, 0.25) is 0 Å². The van der Waals surface area contributed by atoms with Crippen LogP contribution in [0.3, 0.4) is 0 Å². The van der Waals surface area contributed by atoms with Gasteiger partial charge in [0.15, 0.2) is 0 Å². The fourth-order valence-corrected chi connectivity index (χ4v) is 4.76. The SMILES string of the molecule is C=C(C)CN(Sc1ccccc1)C(=O)/C=C(C)\C=C\[C@]1(F)CC1c1ccc(Br)c(Br)c1. The smallest absolute Gasteiger partial charge is 0.257 e. The van der Waals surface area contributed by atoms with Gasteiger partial charge in [-0.15, -0.1) is 0 Å². The Morgan fingerprint density at radius 1 is 1.23 bits per heavy atom. The average Bonchev–Trinajstić information content (AvgIpc) is 3.40. The van der Waals surface area contributed by atoms with E-state index in [0.717, 1.165) is 25.0 Å². The third kappa shape index (κ3) is 6.67. The van der Waals surface area contributed by atoms with Crippen molar-refractivity contribution in [3.63, 3.8) is 0 Å². The second-order valence-electron chi connectivity index (χ2n) is 7.82. The molecule has 1 aliphatic carbocycles. The van der Waals surface area contributed by atoms with Crippen LogP contribution in [0, 0.1) is 0 Å².